The number of anilines is 1. The first-order valence-electron chi connectivity index (χ1n) is 15.6. The number of carbonyl (C=O) groups excluding carboxylic acids is 1. The molecule has 1 aromatic heterocycles. The molecular weight excluding hydrogens is 613 g/mol. The van der Waals surface area contributed by atoms with Crippen LogP contribution in [0.3, 0.4) is 0 Å². The molecule has 44 heavy (non-hydrogen) atoms. The second kappa shape index (κ2) is 15.5. The summed E-state index contributed by atoms with van der Waals surface area (Å²) in [4.78, 5) is 33.9. The second-order valence-corrected chi connectivity index (χ2v) is 20.3. The summed E-state index contributed by atoms with van der Waals surface area (Å²) in [6.07, 6.45) is 0.490. The number of nitrogens with zero attached hydrogens (tertiary/aromatic N) is 4. The molecule has 1 aromatic carbocycles. The molecule has 0 bridgehead atoms. The zero-order valence-electron chi connectivity index (χ0n) is 28.3. The van der Waals surface area contributed by atoms with Crippen molar-refractivity contribution in [3.05, 3.63) is 70.1 Å². The quantitative estimate of drug-likeness (QED) is 0.104. The van der Waals surface area contributed by atoms with E-state index in [2.05, 4.69) is 81.4 Å². The minimum atomic E-state index is -2.40. The van der Waals surface area contributed by atoms with Gasteiger partial charge in [0.15, 0.2) is 8.32 Å². The highest BCUT2D eigenvalue weighted by atomic mass is 32.2. The van der Waals surface area contributed by atoms with Gasteiger partial charge in [0.25, 0.3) is 14.4 Å². The van der Waals surface area contributed by atoms with Crippen molar-refractivity contribution in [3.8, 4) is 0 Å². The number of aromatic nitrogens is 2. The summed E-state index contributed by atoms with van der Waals surface area (Å²) in [7, 11) is -4.01. The SMILES string of the molecule is [2H]C[C@H]1S[C@@H](n2ccc(NC(=O)c3ccccc3)nc2=O)[C@H](O[Si](C)(C)C(C)(C)C)[C@@H]1OP(OCC[N+]#[C-])N(C(C)C)C(C)C. The first-order valence-corrected chi connectivity index (χ1v) is 19.9. The van der Waals surface area contributed by atoms with Gasteiger partial charge in [-0.25, -0.2) is 16.0 Å². The lowest BCUT2D eigenvalue weighted by Crippen LogP contribution is -2.50. The van der Waals surface area contributed by atoms with Crippen molar-refractivity contribution < 1.29 is 19.6 Å². The molecule has 1 N–H and O–H groups in total. The number of nitrogens with one attached hydrogen (secondary N) is 1. The van der Waals surface area contributed by atoms with E-state index in [1.165, 1.54) is 16.3 Å². The number of rotatable bonds is 13. The zero-order chi connectivity index (χ0) is 33.5. The molecule has 0 spiro atoms. The molecule has 5 atom stereocenters. The van der Waals surface area contributed by atoms with Crippen LogP contribution < -0.4 is 11.0 Å². The molecule has 3 rings (SSSR count). The van der Waals surface area contributed by atoms with Crippen LogP contribution in [0.5, 0.6) is 0 Å². The van der Waals surface area contributed by atoms with Crippen molar-refractivity contribution in [2.24, 2.45) is 0 Å². The molecule has 1 amide bonds. The molecule has 242 valence electrons. The van der Waals surface area contributed by atoms with Gasteiger partial charge in [-0.2, -0.15) is 4.98 Å². The lowest BCUT2D eigenvalue weighted by molar-refractivity contribution is 0.0296. The zero-order valence-corrected chi connectivity index (χ0v) is 30.0. The Morgan fingerprint density at radius 2 is 1.86 bits per heavy atom. The predicted octanol–water partition coefficient (Wildman–Crippen LogP) is 7.19. The molecule has 10 nitrogen and oxygen atoms in total. The number of amides is 1. The van der Waals surface area contributed by atoms with E-state index in [4.69, 9.17) is 21.4 Å². The second-order valence-electron chi connectivity index (χ2n) is 12.8. The van der Waals surface area contributed by atoms with E-state index in [1.54, 1.807) is 36.5 Å². The summed E-state index contributed by atoms with van der Waals surface area (Å²) in [5.41, 5.74) is -0.0731. The lowest BCUT2D eigenvalue weighted by Gasteiger charge is -2.42. The Kier molecular flexibility index (Phi) is 12.2. The molecule has 1 saturated heterocycles. The number of hydrogen-bond acceptors (Lipinski definition) is 8. The summed E-state index contributed by atoms with van der Waals surface area (Å²) in [6, 6.07) is 10.6. The van der Waals surface area contributed by atoms with Gasteiger partial charge in [-0.1, -0.05) is 45.9 Å². The van der Waals surface area contributed by atoms with Crippen molar-refractivity contribution >= 4 is 40.3 Å². The van der Waals surface area contributed by atoms with Crippen molar-refractivity contribution in [3.63, 3.8) is 0 Å². The van der Waals surface area contributed by atoms with Crippen LogP contribution in [0, 0.1) is 6.57 Å². The minimum Gasteiger partial charge on any atom is -0.408 e. The van der Waals surface area contributed by atoms with E-state index >= 15 is 0 Å². The van der Waals surface area contributed by atoms with Gasteiger partial charge in [0.05, 0.1) is 0 Å². The van der Waals surface area contributed by atoms with Crippen LogP contribution >= 0.6 is 20.3 Å². The van der Waals surface area contributed by atoms with Crippen LogP contribution in [0.4, 0.5) is 5.82 Å². The standard InChI is InChI=1S/C31H48N5O5PSSi/c1-21(2)36(22(3)4)42(39-20-18-32-9)40-26-23(5)43-29(27(26)41-44(10,11)31(6,7)8)35-19-17-25(34-30(35)38)33-28(37)24-15-13-12-14-16-24/h12-17,19,21-23,26-27,29H,18,20H2,1-8,10-11H3,(H,33,34,37,38)/t23-,26-,27-,29-,42?/m1/s1/i5D. The minimum absolute atomic E-state index is 0.0468. The van der Waals surface area contributed by atoms with Crippen molar-refractivity contribution in [2.45, 2.75) is 108 Å². The average Bonchev–Trinajstić information content (AvgIpc) is 3.28. The van der Waals surface area contributed by atoms with Crippen LogP contribution in [0.1, 0.15) is 72.5 Å². The first kappa shape index (κ1) is 34.8. The van der Waals surface area contributed by atoms with Crippen LogP contribution in [0.25, 0.3) is 4.85 Å². The van der Waals surface area contributed by atoms with E-state index in [0.717, 1.165) is 0 Å². The fraction of sp³-hybridized carbons (Fsp3) is 0.613. The largest absolute Gasteiger partial charge is 0.408 e. The van der Waals surface area contributed by atoms with Crippen molar-refractivity contribution in [2.75, 3.05) is 18.5 Å². The van der Waals surface area contributed by atoms with Crippen molar-refractivity contribution in [1.82, 2.24) is 14.2 Å². The van der Waals surface area contributed by atoms with Gasteiger partial charge in [-0.15, -0.1) is 11.8 Å². The molecule has 1 fully saturated rings. The Morgan fingerprint density at radius 1 is 1.20 bits per heavy atom. The monoisotopic (exact) mass is 662 g/mol. The van der Waals surface area contributed by atoms with Crippen LogP contribution in [-0.2, 0) is 13.5 Å². The molecule has 2 heterocycles. The third-order valence-electron chi connectivity index (χ3n) is 7.77. The van der Waals surface area contributed by atoms with E-state index in [1.807, 2.05) is 6.07 Å². The fourth-order valence-electron chi connectivity index (χ4n) is 4.55. The van der Waals surface area contributed by atoms with E-state index in [9.17, 15) is 9.59 Å². The highest BCUT2D eigenvalue weighted by molar-refractivity contribution is 8.00. The maximum absolute atomic E-state index is 13.5. The molecule has 0 radical (unpaired) electrons. The summed E-state index contributed by atoms with van der Waals surface area (Å²) in [5, 5.41) is 1.75. The maximum atomic E-state index is 13.5. The van der Waals surface area contributed by atoms with E-state index in [-0.39, 0.29) is 54.1 Å². The van der Waals surface area contributed by atoms with Gasteiger partial charge < -0.3 is 23.6 Å². The van der Waals surface area contributed by atoms with Crippen LogP contribution in [0.15, 0.2) is 47.4 Å². The molecular formula is C31H48N5O5PSSi. The molecule has 0 aliphatic carbocycles. The van der Waals surface area contributed by atoms with Crippen molar-refractivity contribution in [1.29, 1.82) is 0 Å². The normalized spacial score (nSPS) is 21.8. The van der Waals surface area contributed by atoms with Crippen LogP contribution in [-0.4, -0.2) is 71.1 Å². The molecule has 1 unspecified atom stereocenters. The Hall–Kier alpha value is -2.10. The summed E-state index contributed by atoms with van der Waals surface area (Å²) in [6.45, 7) is 26.8. The maximum Gasteiger partial charge on any atom is 0.350 e. The molecule has 13 heteroatoms. The summed E-state index contributed by atoms with van der Waals surface area (Å²) in [5.74, 6) is -0.204. The van der Waals surface area contributed by atoms with Gasteiger partial charge in [-0.05, 0) is 64.0 Å². The average molecular weight is 663 g/mol. The Morgan fingerprint density at radius 3 is 2.41 bits per heavy atom. The number of carbonyl (C=O) groups is 1. The topological polar surface area (TPSA) is 99.3 Å². The molecule has 0 saturated carbocycles. The van der Waals surface area contributed by atoms with Crippen LogP contribution in [0.2, 0.25) is 18.1 Å². The highest BCUT2D eigenvalue weighted by Crippen LogP contribution is 2.54. The Bertz CT molecular complexity index is 1360. The van der Waals surface area contributed by atoms with Gasteiger partial charge in [0.2, 0.25) is 6.54 Å². The smallest absolute Gasteiger partial charge is 0.350 e. The predicted molar refractivity (Wildman–Crippen MR) is 182 cm³/mol. The van der Waals surface area contributed by atoms with Gasteiger partial charge in [0.1, 0.15) is 30.0 Å². The Labute approximate surface area is 270 Å². The van der Waals surface area contributed by atoms with Gasteiger partial charge >= 0.3 is 5.69 Å². The fourth-order valence-corrected chi connectivity index (χ4v) is 9.18. The van der Waals surface area contributed by atoms with Gasteiger partial charge in [-0.3, -0.25) is 9.36 Å². The number of hydrogen-bond donors (Lipinski definition) is 1. The molecule has 2 aromatic rings. The number of thioether (sulfide) groups is 1. The van der Waals surface area contributed by atoms with E-state index < -0.39 is 40.1 Å². The Balaban J connectivity index is 2.02. The number of benzene rings is 1. The molecule has 1 aliphatic heterocycles. The van der Waals surface area contributed by atoms with Gasteiger partial charge in [0, 0.05) is 30.5 Å². The lowest BCUT2D eigenvalue weighted by atomic mass is 10.1. The first-order chi connectivity index (χ1) is 21.1. The highest BCUT2D eigenvalue weighted by Gasteiger charge is 2.51. The molecule has 1 aliphatic rings. The third-order valence-corrected chi connectivity index (χ3v) is 15.8. The van der Waals surface area contributed by atoms with E-state index in [0.29, 0.717) is 5.56 Å². The summed E-state index contributed by atoms with van der Waals surface area (Å²) < 4.78 is 32.3. The summed E-state index contributed by atoms with van der Waals surface area (Å²) >= 11 is 1.47. The third kappa shape index (κ3) is 9.00.